The highest BCUT2D eigenvalue weighted by Gasteiger charge is 2.25. The van der Waals surface area contributed by atoms with Crippen molar-refractivity contribution < 1.29 is 5.11 Å². The molecule has 1 aromatic carbocycles. The molecule has 0 spiro atoms. The number of likely N-dealkylation sites (N-methyl/N-ethyl adjacent to an activating group) is 1. The summed E-state index contributed by atoms with van der Waals surface area (Å²) in [4.78, 5) is 1.38. The molecule has 20 heavy (non-hydrogen) atoms. The highest BCUT2D eigenvalue weighted by molar-refractivity contribution is 7.99. The van der Waals surface area contributed by atoms with Crippen molar-refractivity contribution in [2.24, 2.45) is 0 Å². The molecule has 2 nitrogen and oxygen atoms in total. The molecule has 0 aliphatic rings. The Kier molecular flexibility index (Phi) is 7.63. The molecule has 0 aliphatic heterocycles. The van der Waals surface area contributed by atoms with Crippen LogP contribution < -0.4 is 5.32 Å². The zero-order valence-electron chi connectivity index (χ0n) is 13.3. The third kappa shape index (κ3) is 5.12. The predicted octanol–water partition coefficient (Wildman–Crippen LogP) is 3.93. The van der Waals surface area contributed by atoms with Crippen LogP contribution in [0, 0.1) is 13.8 Å². The second-order valence-electron chi connectivity index (χ2n) is 5.54. The Labute approximate surface area is 128 Å². The molecule has 0 radical (unpaired) electrons. The van der Waals surface area contributed by atoms with Crippen LogP contribution >= 0.6 is 11.8 Å². The van der Waals surface area contributed by atoms with E-state index in [9.17, 15) is 5.11 Å². The monoisotopic (exact) mass is 295 g/mol. The highest BCUT2D eigenvalue weighted by atomic mass is 32.2. The van der Waals surface area contributed by atoms with Gasteiger partial charge in [-0.25, -0.2) is 0 Å². The average molecular weight is 295 g/mol. The van der Waals surface area contributed by atoms with E-state index in [0.717, 1.165) is 31.6 Å². The van der Waals surface area contributed by atoms with Gasteiger partial charge >= 0.3 is 0 Å². The number of aliphatic hydroxyl groups is 1. The first-order chi connectivity index (χ1) is 9.56. The zero-order chi connectivity index (χ0) is 15.0. The van der Waals surface area contributed by atoms with Crippen LogP contribution in [0.1, 0.15) is 44.2 Å². The van der Waals surface area contributed by atoms with Crippen molar-refractivity contribution in [1.29, 1.82) is 0 Å². The van der Waals surface area contributed by atoms with Gasteiger partial charge in [0, 0.05) is 10.4 Å². The van der Waals surface area contributed by atoms with E-state index in [0.29, 0.717) is 0 Å². The predicted molar refractivity (Wildman–Crippen MR) is 89.7 cm³/mol. The average Bonchev–Trinajstić information content (AvgIpc) is 2.44. The van der Waals surface area contributed by atoms with Gasteiger partial charge in [0.1, 0.15) is 0 Å². The van der Waals surface area contributed by atoms with Crippen molar-refractivity contribution in [3.63, 3.8) is 0 Å². The van der Waals surface area contributed by atoms with E-state index in [1.165, 1.54) is 16.0 Å². The molecule has 114 valence electrons. The molecule has 0 saturated carbocycles. The molecule has 1 rings (SSSR count). The molecule has 0 fully saturated rings. The van der Waals surface area contributed by atoms with Crippen molar-refractivity contribution in [1.82, 2.24) is 5.32 Å². The van der Waals surface area contributed by atoms with Crippen LogP contribution in [-0.4, -0.2) is 29.5 Å². The Morgan fingerprint density at radius 1 is 1.25 bits per heavy atom. The molecule has 2 N–H and O–H groups in total. The van der Waals surface area contributed by atoms with E-state index in [2.05, 4.69) is 51.2 Å². The van der Waals surface area contributed by atoms with Gasteiger partial charge < -0.3 is 10.4 Å². The Morgan fingerprint density at radius 2 is 2.00 bits per heavy atom. The van der Waals surface area contributed by atoms with Crippen molar-refractivity contribution in [3.8, 4) is 0 Å². The molecular formula is C17H29NOS. The fourth-order valence-electron chi connectivity index (χ4n) is 2.57. The Hall–Kier alpha value is -0.510. The molecule has 0 bridgehead atoms. The first kappa shape index (κ1) is 17.5. The van der Waals surface area contributed by atoms with Crippen molar-refractivity contribution in [2.45, 2.75) is 57.4 Å². The molecule has 0 heterocycles. The first-order valence-corrected chi connectivity index (χ1v) is 8.61. The van der Waals surface area contributed by atoms with Gasteiger partial charge in [0.05, 0.1) is 6.61 Å². The molecule has 0 aliphatic carbocycles. The highest BCUT2D eigenvalue weighted by Crippen LogP contribution is 2.26. The molecule has 1 aromatic rings. The number of nitrogens with one attached hydrogen (secondary N) is 1. The van der Waals surface area contributed by atoms with Gasteiger partial charge in [0.15, 0.2) is 0 Å². The molecule has 0 amide bonds. The smallest absolute Gasteiger partial charge is 0.0613 e. The summed E-state index contributed by atoms with van der Waals surface area (Å²) in [5.41, 5.74) is 2.60. The lowest BCUT2D eigenvalue weighted by Gasteiger charge is -2.31. The van der Waals surface area contributed by atoms with Crippen LogP contribution in [0.25, 0.3) is 0 Å². The van der Waals surface area contributed by atoms with Gasteiger partial charge in [0.2, 0.25) is 0 Å². The number of rotatable bonds is 9. The fraction of sp³-hybridized carbons (Fsp3) is 0.647. The molecule has 3 heteroatoms. The summed E-state index contributed by atoms with van der Waals surface area (Å²) in [6.45, 7) is 9.71. The summed E-state index contributed by atoms with van der Waals surface area (Å²) in [5.74, 6) is 1.11. The van der Waals surface area contributed by atoms with Crippen LogP contribution in [0.2, 0.25) is 0 Å². The minimum Gasteiger partial charge on any atom is -0.394 e. The van der Waals surface area contributed by atoms with Gasteiger partial charge in [-0.3, -0.25) is 0 Å². The van der Waals surface area contributed by atoms with Crippen LogP contribution in [0.15, 0.2) is 23.1 Å². The third-order valence-electron chi connectivity index (χ3n) is 3.92. The number of benzene rings is 1. The minimum atomic E-state index is -0.0857. The quantitative estimate of drug-likeness (QED) is 0.535. The fourth-order valence-corrected chi connectivity index (χ4v) is 3.53. The van der Waals surface area contributed by atoms with Crippen LogP contribution in [0.4, 0.5) is 0 Å². The Morgan fingerprint density at radius 3 is 2.55 bits per heavy atom. The van der Waals surface area contributed by atoms with Gasteiger partial charge in [0.25, 0.3) is 0 Å². The maximum Gasteiger partial charge on any atom is 0.0613 e. The normalized spacial score (nSPS) is 14.2. The van der Waals surface area contributed by atoms with Crippen molar-refractivity contribution in [3.05, 3.63) is 29.3 Å². The van der Waals surface area contributed by atoms with E-state index >= 15 is 0 Å². The standard InChI is InChI=1S/C17H29NOS/c1-5-17(13-19,18-6-2)10-7-11-20-16-9-8-14(3)12-15(16)4/h8-9,12,18-19H,5-7,10-11,13H2,1-4H3. The molecule has 0 aromatic heterocycles. The van der Waals surface area contributed by atoms with Gasteiger partial charge in [-0.1, -0.05) is 31.5 Å². The summed E-state index contributed by atoms with van der Waals surface area (Å²) in [5, 5.41) is 13.1. The van der Waals surface area contributed by atoms with E-state index < -0.39 is 0 Å². The number of hydrogen-bond donors (Lipinski definition) is 2. The lowest BCUT2D eigenvalue weighted by molar-refractivity contribution is 0.148. The van der Waals surface area contributed by atoms with E-state index in [4.69, 9.17) is 0 Å². The summed E-state index contributed by atoms with van der Waals surface area (Å²) in [6.07, 6.45) is 3.14. The molecule has 1 atom stereocenters. The SMILES string of the molecule is CCNC(CC)(CO)CCCSc1ccc(C)cc1C. The van der Waals surface area contributed by atoms with Gasteiger partial charge in [-0.05, 0) is 57.0 Å². The summed E-state index contributed by atoms with van der Waals surface area (Å²) in [7, 11) is 0. The molecule has 1 unspecified atom stereocenters. The lowest BCUT2D eigenvalue weighted by Crippen LogP contribution is -2.48. The molecule has 0 saturated heterocycles. The number of aliphatic hydroxyl groups excluding tert-OH is 1. The van der Waals surface area contributed by atoms with Crippen LogP contribution in [0.5, 0.6) is 0 Å². The van der Waals surface area contributed by atoms with E-state index in [-0.39, 0.29) is 12.1 Å². The first-order valence-electron chi connectivity index (χ1n) is 7.63. The van der Waals surface area contributed by atoms with Gasteiger partial charge in [-0.15, -0.1) is 11.8 Å². The second-order valence-corrected chi connectivity index (χ2v) is 6.68. The number of hydrogen-bond acceptors (Lipinski definition) is 3. The summed E-state index contributed by atoms with van der Waals surface area (Å²) < 4.78 is 0. The van der Waals surface area contributed by atoms with E-state index in [1.54, 1.807) is 0 Å². The Balaban J connectivity index is 2.43. The van der Waals surface area contributed by atoms with Gasteiger partial charge in [-0.2, -0.15) is 0 Å². The Bertz CT molecular complexity index is 402. The number of aryl methyl sites for hydroxylation is 2. The largest absolute Gasteiger partial charge is 0.394 e. The maximum atomic E-state index is 9.63. The maximum absolute atomic E-state index is 9.63. The molecular weight excluding hydrogens is 266 g/mol. The van der Waals surface area contributed by atoms with E-state index in [1.807, 2.05) is 11.8 Å². The van der Waals surface area contributed by atoms with Crippen LogP contribution in [-0.2, 0) is 0 Å². The van der Waals surface area contributed by atoms with Crippen molar-refractivity contribution >= 4 is 11.8 Å². The third-order valence-corrected chi connectivity index (χ3v) is 5.18. The zero-order valence-corrected chi connectivity index (χ0v) is 14.1. The second kappa shape index (κ2) is 8.71. The van der Waals surface area contributed by atoms with Crippen LogP contribution in [0.3, 0.4) is 0 Å². The van der Waals surface area contributed by atoms with Crippen molar-refractivity contribution in [2.75, 3.05) is 18.9 Å². The lowest BCUT2D eigenvalue weighted by atomic mass is 9.91. The number of thioether (sulfide) groups is 1. The minimum absolute atomic E-state index is 0.0857. The summed E-state index contributed by atoms with van der Waals surface area (Å²) >= 11 is 1.93. The topological polar surface area (TPSA) is 32.3 Å². The summed E-state index contributed by atoms with van der Waals surface area (Å²) in [6, 6.07) is 6.64.